The van der Waals surface area contributed by atoms with E-state index in [2.05, 4.69) is 26.1 Å². The molecule has 1 N–H and O–H groups in total. The van der Waals surface area contributed by atoms with E-state index in [0.717, 1.165) is 36.8 Å². The number of carbonyl (C=O) groups is 2. The van der Waals surface area contributed by atoms with Gasteiger partial charge in [-0.3, -0.25) is 9.59 Å². The van der Waals surface area contributed by atoms with Crippen molar-refractivity contribution in [3.05, 3.63) is 63.6 Å². The maximum Gasteiger partial charge on any atom is 0.261 e. The van der Waals surface area contributed by atoms with Crippen LogP contribution in [-0.4, -0.2) is 35.4 Å². The zero-order valence-electron chi connectivity index (χ0n) is 21.8. The van der Waals surface area contributed by atoms with Gasteiger partial charge in [0, 0.05) is 12.6 Å². The maximum absolute atomic E-state index is 13.6. The molecule has 0 saturated heterocycles. The Morgan fingerprint density at radius 2 is 1.75 bits per heavy atom. The molecule has 2 aromatic rings. The Morgan fingerprint density at radius 3 is 2.39 bits per heavy atom. The molecular formula is C29H38Cl2N2O3. The Labute approximate surface area is 225 Å². The number of amides is 2. The molecule has 0 heterocycles. The number of nitrogens with one attached hydrogen (secondary N) is 1. The van der Waals surface area contributed by atoms with Crippen LogP contribution in [0.25, 0.3) is 0 Å². The lowest BCUT2D eigenvalue weighted by Crippen LogP contribution is -2.52. The number of para-hydroxylation sites is 1. The Bertz CT molecular complexity index is 1050. The van der Waals surface area contributed by atoms with E-state index in [4.69, 9.17) is 27.9 Å². The van der Waals surface area contributed by atoms with Crippen molar-refractivity contribution in [2.75, 3.05) is 6.61 Å². The standard InChI is InChI=1S/C29H38Cl2N2O3/c1-5-25(28(35)32-21-11-7-6-8-12-21)33(18-20-15-16-23(30)24(31)17-20)27(34)19-36-26-14-10-9-13-22(26)29(2,3)4/h9-10,13-17,21,25H,5-8,11-12,18-19H2,1-4H3,(H,32,35). The van der Waals surface area contributed by atoms with Crippen LogP contribution in [0.2, 0.25) is 10.0 Å². The highest BCUT2D eigenvalue weighted by Crippen LogP contribution is 2.31. The van der Waals surface area contributed by atoms with Crippen LogP contribution in [0.1, 0.15) is 77.3 Å². The lowest BCUT2D eigenvalue weighted by Gasteiger charge is -2.33. The first kappa shape index (κ1) is 28.3. The third-order valence-electron chi connectivity index (χ3n) is 6.72. The van der Waals surface area contributed by atoms with Crippen molar-refractivity contribution in [1.29, 1.82) is 0 Å². The number of nitrogens with zero attached hydrogens (tertiary/aromatic N) is 1. The first-order valence-electron chi connectivity index (χ1n) is 12.9. The second kappa shape index (κ2) is 12.8. The number of ether oxygens (including phenoxy) is 1. The first-order chi connectivity index (χ1) is 17.1. The molecule has 1 saturated carbocycles. The normalized spacial score (nSPS) is 15.3. The number of carbonyl (C=O) groups excluding carboxylic acids is 2. The van der Waals surface area contributed by atoms with E-state index in [9.17, 15) is 9.59 Å². The Hall–Kier alpha value is -2.24. The number of hydrogen-bond acceptors (Lipinski definition) is 3. The van der Waals surface area contributed by atoms with Crippen LogP contribution in [0.5, 0.6) is 5.75 Å². The smallest absolute Gasteiger partial charge is 0.261 e. The molecule has 2 amide bonds. The van der Waals surface area contributed by atoms with E-state index in [1.165, 1.54) is 6.42 Å². The molecule has 1 fully saturated rings. The maximum atomic E-state index is 13.6. The fourth-order valence-electron chi connectivity index (χ4n) is 4.73. The third kappa shape index (κ3) is 7.63. The van der Waals surface area contributed by atoms with Crippen molar-refractivity contribution in [3.63, 3.8) is 0 Å². The van der Waals surface area contributed by atoms with Crippen LogP contribution in [0.3, 0.4) is 0 Å². The minimum atomic E-state index is -0.615. The van der Waals surface area contributed by atoms with Crippen molar-refractivity contribution in [1.82, 2.24) is 10.2 Å². The molecule has 3 rings (SSSR count). The molecule has 1 aliphatic rings. The number of hydrogen-bond donors (Lipinski definition) is 1. The average Bonchev–Trinajstić information content (AvgIpc) is 2.84. The number of rotatable bonds is 9. The van der Waals surface area contributed by atoms with Gasteiger partial charge < -0.3 is 15.0 Å². The molecule has 0 aliphatic heterocycles. The molecule has 0 aromatic heterocycles. The Morgan fingerprint density at radius 1 is 1.06 bits per heavy atom. The molecule has 1 unspecified atom stereocenters. The molecule has 36 heavy (non-hydrogen) atoms. The summed E-state index contributed by atoms with van der Waals surface area (Å²) in [5, 5.41) is 4.05. The zero-order chi connectivity index (χ0) is 26.3. The summed E-state index contributed by atoms with van der Waals surface area (Å²) in [7, 11) is 0. The lowest BCUT2D eigenvalue weighted by molar-refractivity contribution is -0.143. The summed E-state index contributed by atoms with van der Waals surface area (Å²) in [4.78, 5) is 28.6. The summed E-state index contributed by atoms with van der Waals surface area (Å²) < 4.78 is 6.04. The zero-order valence-corrected chi connectivity index (χ0v) is 23.3. The molecule has 2 aromatic carbocycles. The van der Waals surface area contributed by atoms with Crippen molar-refractivity contribution in [2.45, 2.75) is 90.3 Å². The monoisotopic (exact) mass is 532 g/mol. The van der Waals surface area contributed by atoms with Gasteiger partial charge in [0.15, 0.2) is 6.61 Å². The Balaban J connectivity index is 1.82. The Kier molecular flexibility index (Phi) is 10.1. The van der Waals surface area contributed by atoms with E-state index in [1.54, 1.807) is 17.0 Å². The van der Waals surface area contributed by atoms with Crippen molar-refractivity contribution in [3.8, 4) is 5.75 Å². The average molecular weight is 534 g/mol. The second-order valence-electron chi connectivity index (χ2n) is 10.6. The molecule has 0 radical (unpaired) electrons. The quantitative estimate of drug-likeness (QED) is 0.381. The van der Waals surface area contributed by atoms with Gasteiger partial charge in [-0.25, -0.2) is 0 Å². The fourth-order valence-corrected chi connectivity index (χ4v) is 5.05. The van der Waals surface area contributed by atoms with Gasteiger partial charge >= 0.3 is 0 Å². The van der Waals surface area contributed by atoms with Gasteiger partial charge in [0.25, 0.3) is 5.91 Å². The van der Waals surface area contributed by atoms with Crippen molar-refractivity contribution >= 4 is 35.0 Å². The molecular weight excluding hydrogens is 495 g/mol. The highest BCUT2D eigenvalue weighted by atomic mass is 35.5. The van der Waals surface area contributed by atoms with Crippen LogP contribution in [0.15, 0.2) is 42.5 Å². The molecule has 5 nitrogen and oxygen atoms in total. The van der Waals surface area contributed by atoms with Gasteiger partial charge in [0.05, 0.1) is 10.0 Å². The van der Waals surface area contributed by atoms with Crippen molar-refractivity contribution < 1.29 is 14.3 Å². The lowest BCUT2D eigenvalue weighted by atomic mass is 9.86. The number of halogens is 2. The molecule has 1 atom stereocenters. The van der Waals surface area contributed by atoms with Crippen LogP contribution in [0, 0.1) is 0 Å². The van der Waals surface area contributed by atoms with Crippen LogP contribution < -0.4 is 10.1 Å². The second-order valence-corrected chi connectivity index (χ2v) is 11.4. The molecule has 0 spiro atoms. The molecule has 7 heteroatoms. The summed E-state index contributed by atoms with van der Waals surface area (Å²) in [5.74, 6) is 0.302. The third-order valence-corrected chi connectivity index (χ3v) is 7.46. The van der Waals surface area contributed by atoms with Gasteiger partial charge in [0.2, 0.25) is 5.91 Å². The highest BCUT2D eigenvalue weighted by Gasteiger charge is 2.31. The summed E-state index contributed by atoms with van der Waals surface area (Å²) in [6.45, 7) is 8.32. The predicted octanol–water partition coefficient (Wildman–Crippen LogP) is 6.93. The van der Waals surface area contributed by atoms with Crippen LogP contribution in [0.4, 0.5) is 0 Å². The summed E-state index contributed by atoms with van der Waals surface area (Å²) in [6, 6.07) is 12.6. The summed E-state index contributed by atoms with van der Waals surface area (Å²) in [5.41, 5.74) is 1.69. The van der Waals surface area contributed by atoms with E-state index in [0.29, 0.717) is 22.2 Å². The predicted molar refractivity (Wildman–Crippen MR) is 147 cm³/mol. The van der Waals surface area contributed by atoms with E-state index >= 15 is 0 Å². The molecule has 0 bridgehead atoms. The fraction of sp³-hybridized carbons (Fsp3) is 0.517. The largest absolute Gasteiger partial charge is 0.483 e. The van der Waals surface area contributed by atoms with Crippen LogP contribution >= 0.6 is 23.2 Å². The van der Waals surface area contributed by atoms with Crippen molar-refractivity contribution in [2.24, 2.45) is 0 Å². The summed E-state index contributed by atoms with van der Waals surface area (Å²) in [6.07, 6.45) is 5.90. The van der Waals surface area contributed by atoms with Gasteiger partial charge in [0.1, 0.15) is 11.8 Å². The van der Waals surface area contributed by atoms with Gasteiger partial charge in [-0.1, -0.05) is 94.4 Å². The number of benzene rings is 2. The molecule has 1 aliphatic carbocycles. The van der Waals surface area contributed by atoms with Gasteiger partial charge in [-0.2, -0.15) is 0 Å². The molecule has 196 valence electrons. The van der Waals surface area contributed by atoms with E-state index in [1.807, 2.05) is 37.3 Å². The SMILES string of the molecule is CCC(C(=O)NC1CCCCC1)N(Cc1ccc(Cl)c(Cl)c1)C(=O)COc1ccccc1C(C)(C)C. The van der Waals surface area contributed by atoms with Gasteiger partial charge in [-0.05, 0) is 54.0 Å². The van der Waals surface area contributed by atoms with E-state index in [-0.39, 0.29) is 36.4 Å². The summed E-state index contributed by atoms with van der Waals surface area (Å²) >= 11 is 12.3. The highest BCUT2D eigenvalue weighted by molar-refractivity contribution is 6.42. The van der Waals surface area contributed by atoms with Crippen LogP contribution in [-0.2, 0) is 21.5 Å². The topological polar surface area (TPSA) is 58.6 Å². The first-order valence-corrected chi connectivity index (χ1v) is 13.6. The van der Waals surface area contributed by atoms with Gasteiger partial charge in [-0.15, -0.1) is 0 Å². The minimum absolute atomic E-state index is 0.118. The minimum Gasteiger partial charge on any atom is -0.483 e. The van der Waals surface area contributed by atoms with E-state index < -0.39 is 6.04 Å².